The lowest BCUT2D eigenvalue weighted by Gasteiger charge is -2.17. The number of hydrogen-bond donors (Lipinski definition) is 6. The van der Waals surface area contributed by atoms with E-state index in [-0.39, 0.29) is 43.2 Å². The maximum atomic E-state index is 12.8. The lowest BCUT2D eigenvalue weighted by molar-refractivity contribution is -0.147. The highest BCUT2D eigenvalue weighted by atomic mass is 127. The molecule has 2 rings (SSSR count). The Kier molecular flexibility index (Phi) is 16.6. The lowest BCUT2D eigenvalue weighted by atomic mass is 10.1. The van der Waals surface area contributed by atoms with Gasteiger partial charge >= 0.3 is 24.0 Å². The second-order valence-corrected chi connectivity index (χ2v) is 11.6. The van der Waals surface area contributed by atoms with Gasteiger partial charge in [0.2, 0.25) is 6.10 Å². The van der Waals surface area contributed by atoms with Gasteiger partial charge in [0.1, 0.15) is 11.8 Å². The summed E-state index contributed by atoms with van der Waals surface area (Å²) in [6.07, 6.45) is -2.14. The van der Waals surface area contributed by atoms with E-state index in [2.05, 4.69) is 33.2 Å². The molecule has 0 bridgehead atoms. The van der Waals surface area contributed by atoms with Gasteiger partial charge in [0.25, 0.3) is 11.8 Å². The largest absolute Gasteiger partial charge is 0.493 e. The summed E-state index contributed by atoms with van der Waals surface area (Å²) >= 11 is 8.26. The van der Waals surface area contributed by atoms with Crippen LogP contribution in [-0.4, -0.2) is 83.0 Å². The lowest BCUT2D eigenvalue weighted by Crippen LogP contribution is -2.43. The molecule has 0 saturated heterocycles. The summed E-state index contributed by atoms with van der Waals surface area (Å²) < 4.78 is 11.6. The van der Waals surface area contributed by atoms with E-state index < -0.39 is 54.9 Å². The predicted molar refractivity (Wildman–Crippen MR) is 173 cm³/mol. The Hall–Kier alpha value is -4.12. The zero-order chi connectivity index (χ0) is 34.1. The van der Waals surface area contributed by atoms with Crippen LogP contribution in [0.25, 0.3) is 0 Å². The van der Waals surface area contributed by atoms with Gasteiger partial charge in [0.05, 0.1) is 12.2 Å². The molecule has 14 nitrogen and oxygen atoms in total. The topological polar surface area (TPSA) is 218 Å². The van der Waals surface area contributed by atoms with Crippen LogP contribution in [0, 0.1) is 3.57 Å². The Morgan fingerprint density at radius 1 is 0.804 bits per heavy atom. The van der Waals surface area contributed by atoms with Crippen molar-refractivity contribution >= 4 is 70.0 Å². The summed E-state index contributed by atoms with van der Waals surface area (Å²) in [7, 11) is 0. The van der Waals surface area contributed by atoms with E-state index in [0.29, 0.717) is 36.4 Å². The summed E-state index contributed by atoms with van der Waals surface area (Å²) in [6.45, 7) is 0.887. The van der Waals surface area contributed by atoms with Crippen molar-refractivity contribution in [2.75, 3.05) is 19.7 Å². The number of carboxylic acids is 3. The summed E-state index contributed by atoms with van der Waals surface area (Å²) in [5, 5.41) is 35.1. The normalized spacial score (nSPS) is 11.9. The minimum atomic E-state index is -1.59. The van der Waals surface area contributed by atoms with E-state index >= 15 is 0 Å². The average molecular weight is 776 g/mol. The van der Waals surface area contributed by atoms with Crippen molar-refractivity contribution in [3.05, 3.63) is 62.2 Å². The van der Waals surface area contributed by atoms with E-state index in [1.807, 2.05) is 17.4 Å². The predicted octanol–water partition coefficient (Wildman–Crippen LogP) is 3.93. The number of amides is 3. The van der Waals surface area contributed by atoms with Crippen molar-refractivity contribution in [3.63, 3.8) is 0 Å². The van der Waals surface area contributed by atoms with E-state index in [9.17, 15) is 33.9 Å². The Balaban J connectivity index is 1.75. The first-order chi connectivity index (χ1) is 21.9. The molecule has 6 N–H and O–H groups in total. The molecule has 3 amide bonds. The Bertz CT molecular complexity index is 1370. The molecule has 0 aliphatic rings. The molecule has 0 aliphatic heterocycles. The van der Waals surface area contributed by atoms with Crippen molar-refractivity contribution in [2.24, 2.45) is 0 Å². The summed E-state index contributed by atoms with van der Waals surface area (Å²) in [5.41, 5.74) is 0.821. The van der Waals surface area contributed by atoms with E-state index in [1.165, 1.54) is 12.1 Å². The molecular formula is C30H35ClIN3O11. The molecule has 0 spiro atoms. The molecule has 2 aromatic rings. The first-order valence-corrected chi connectivity index (χ1v) is 15.7. The van der Waals surface area contributed by atoms with Crippen LogP contribution in [0.5, 0.6) is 5.75 Å². The van der Waals surface area contributed by atoms with Gasteiger partial charge in [-0.1, -0.05) is 11.6 Å². The number of nitrogens with one attached hydrogen (secondary N) is 3. The van der Waals surface area contributed by atoms with Crippen LogP contribution < -0.4 is 20.7 Å². The fourth-order valence-corrected chi connectivity index (χ4v) is 4.45. The van der Waals surface area contributed by atoms with Crippen molar-refractivity contribution in [3.8, 4) is 5.75 Å². The Morgan fingerprint density at radius 2 is 1.46 bits per heavy atom. The molecule has 0 aromatic heterocycles. The van der Waals surface area contributed by atoms with Crippen LogP contribution >= 0.6 is 34.2 Å². The van der Waals surface area contributed by atoms with Crippen molar-refractivity contribution in [1.82, 2.24) is 16.0 Å². The summed E-state index contributed by atoms with van der Waals surface area (Å²) in [5.74, 6) is -4.53. The summed E-state index contributed by atoms with van der Waals surface area (Å²) in [6, 6.07) is 10.2. The number of unbranched alkanes of at least 4 members (excludes halogenated alkanes) is 2. The molecule has 0 saturated carbocycles. The zero-order valence-electron chi connectivity index (χ0n) is 24.6. The number of ether oxygens (including phenoxy) is 2. The highest BCUT2D eigenvalue weighted by Gasteiger charge is 2.26. The number of alkyl carbamates (subject to hydrolysis) is 1. The number of carboxylic acid groups (broad SMARTS) is 3. The fraction of sp³-hybridized carbons (Fsp3) is 0.400. The SMILES string of the molecule is O=C(O)CC[C@H](NC(=O)O[C@@H](CCCCNC(=O)c1ccc(Cl)cc1OCCCCNC(=O)c1ccc(I)cc1)C(=O)O)C(=O)O. The van der Waals surface area contributed by atoms with Gasteiger partial charge in [-0.15, -0.1) is 0 Å². The second kappa shape index (κ2) is 20.1. The van der Waals surface area contributed by atoms with Crippen LogP contribution in [0.3, 0.4) is 0 Å². The molecule has 0 heterocycles. The van der Waals surface area contributed by atoms with Crippen LogP contribution in [0.4, 0.5) is 4.79 Å². The summed E-state index contributed by atoms with van der Waals surface area (Å²) in [4.78, 5) is 70.5. The number of hydrogen-bond acceptors (Lipinski definition) is 8. The van der Waals surface area contributed by atoms with Crippen LogP contribution in [0.15, 0.2) is 42.5 Å². The van der Waals surface area contributed by atoms with Crippen LogP contribution in [-0.2, 0) is 19.1 Å². The second-order valence-electron chi connectivity index (χ2n) is 9.91. The van der Waals surface area contributed by atoms with Gasteiger partial charge in [-0.25, -0.2) is 14.4 Å². The standard InChI is InChI=1S/C30H35ClIN3O11/c31-19-8-11-21(24(17-19)45-16-4-3-15-33-26(38)18-6-9-20(32)10-7-18)27(39)34-14-2-1-5-23(29(42)43)46-30(44)35-22(28(40)41)12-13-25(36)37/h6-11,17,22-23H,1-5,12-16H2,(H,33,38)(H,34,39)(H,35,44)(H,36,37)(H,40,41)(H,42,43)/t22-,23-/m0/s1. The van der Waals surface area contributed by atoms with Gasteiger partial charge in [-0.05, 0) is 104 Å². The average Bonchev–Trinajstić information content (AvgIpc) is 3.00. The van der Waals surface area contributed by atoms with E-state index in [4.69, 9.17) is 31.3 Å². The van der Waals surface area contributed by atoms with Gasteiger partial charge in [-0.3, -0.25) is 14.4 Å². The van der Waals surface area contributed by atoms with Crippen molar-refractivity contribution in [1.29, 1.82) is 0 Å². The zero-order valence-corrected chi connectivity index (χ0v) is 27.5. The third-order valence-corrected chi connectivity index (χ3v) is 7.30. The van der Waals surface area contributed by atoms with E-state index in [1.54, 1.807) is 18.2 Å². The minimum absolute atomic E-state index is 0.119. The van der Waals surface area contributed by atoms with Gasteiger partial charge in [0, 0.05) is 33.7 Å². The smallest absolute Gasteiger partial charge is 0.408 e. The van der Waals surface area contributed by atoms with Crippen molar-refractivity contribution < 1.29 is 53.6 Å². The number of carbonyl (C=O) groups excluding carboxylic acids is 3. The molecule has 250 valence electrons. The van der Waals surface area contributed by atoms with Gasteiger partial charge in [0.15, 0.2) is 0 Å². The van der Waals surface area contributed by atoms with Gasteiger partial charge < -0.3 is 40.7 Å². The molecule has 2 aromatic carbocycles. The maximum absolute atomic E-state index is 12.8. The third-order valence-electron chi connectivity index (χ3n) is 6.35. The molecule has 16 heteroatoms. The quantitative estimate of drug-likeness (QED) is 0.0837. The number of aliphatic carboxylic acids is 3. The van der Waals surface area contributed by atoms with E-state index in [0.717, 1.165) is 3.57 Å². The highest BCUT2D eigenvalue weighted by molar-refractivity contribution is 14.1. The highest BCUT2D eigenvalue weighted by Crippen LogP contribution is 2.24. The van der Waals surface area contributed by atoms with Crippen LogP contribution in [0.1, 0.15) is 65.7 Å². The van der Waals surface area contributed by atoms with Crippen LogP contribution in [0.2, 0.25) is 5.02 Å². The third kappa shape index (κ3) is 14.3. The number of halogens is 2. The van der Waals surface area contributed by atoms with Crippen molar-refractivity contribution in [2.45, 2.75) is 57.1 Å². The number of rotatable bonds is 20. The maximum Gasteiger partial charge on any atom is 0.408 e. The molecule has 2 atom stereocenters. The Morgan fingerprint density at radius 3 is 2.09 bits per heavy atom. The number of benzene rings is 2. The fourth-order valence-electron chi connectivity index (χ4n) is 3.93. The molecular weight excluding hydrogens is 741 g/mol. The first kappa shape index (κ1) is 38.1. The molecule has 0 radical (unpaired) electrons. The molecule has 0 aliphatic carbocycles. The molecule has 46 heavy (non-hydrogen) atoms. The first-order valence-electron chi connectivity index (χ1n) is 14.3. The molecule has 0 unspecified atom stereocenters. The number of carbonyl (C=O) groups is 6. The molecule has 0 fully saturated rings. The van der Waals surface area contributed by atoms with Gasteiger partial charge in [-0.2, -0.15) is 0 Å². The monoisotopic (exact) mass is 775 g/mol. The minimum Gasteiger partial charge on any atom is -0.493 e. The Labute approximate surface area is 283 Å².